The molecule has 0 amide bonds. The number of hydrogen-bond acceptors (Lipinski definition) is 1. The van der Waals surface area contributed by atoms with Crippen molar-refractivity contribution in [2.75, 3.05) is 6.54 Å². The lowest BCUT2D eigenvalue weighted by Crippen LogP contribution is -2.28. The van der Waals surface area contributed by atoms with Crippen molar-refractivity contribution in [3.8, 4) is 0 Å². The summed E-state index contributed by atoms with van der Waals surface area (Å²) >= 11 is 4.65. The van der Waals surface area contributed by atoms with Crippen LogP contribution in [0.5, 0.6) is 0 Å². The monoisotopic (exact) mass is 186 g/mol. The van der Waals surface area contributed by atoms with Gasteiger partial charge in [0.05, 0.1) is 0 Å². The minimum atomic E-state index is 0.357. The van der Waals surface area contributed by atoms with E-state index in [2.05, 4.69) is 44.4 Å². The average molecular weight is 186 g/mol. The van der Waals surface area contributed by atoms with Gasteiger partial charge in [-0.15, -0.1) is 0 Å². The van der Waals surface area contributed by atoms with Gasteiger partial charge in [0.1, 0.15) is 0 Å². The van der Waals surface area contributed by atoms with E-state index < -0.39 is 0 Å². The molecule has 3 heteroatoms. The van der Waals surface area contributed by atoms with Gasteiger partial charge >= 0.3 is 0 Å². The van der Waals surface area contributed by atoms with Crippen LogP contribution < -0.4 is 11.1 Å². The molecule has 0 radical (unpaired) electrons. The molecule has 0 bridgehead atoms. The van der Waals surface area contributed by atoms with E-state index in [0.717, 1.165) is 13.0 Å². The van der Waals surface area contributed by atoms with E-state index in [1.807, 2.05) is 6.08 Å². The van der Waals surface area contributed by atoms with Crippen molar-refractivity contribution in [3.05, 3.63) is 12.2 Å². The molecule has 0 unspecified atom stereocenters. The first-order valence-corrected chi connectivity index (χ1v) is 4.51. The van der Waals surface area contributed by atoms with Crippen molar-refractivity contribution in [3.63, 3.8) is 0 Å². The summed E-state index contributed by atoms with van der Waals surface area (Å²) in [4.78, 5) is 0. The van der Waals surface area contributed by atoms with E-state index in [4.69, 9.17) is 5.73 Å². The predicted molar refractivity (Wildman–Crippen MR) is 58.0 cm³/mol. The van der Waals surface area contributed by atoms with Crippen molar-refractivity contribution >= 4 is 17.3 Å². The molecule has 0 saturated heterocycles. The van der Waals surface area contributed by atoms with Crippen LogP contribution in [0, 0.1) is 5.41 Å². The van der Waals surface area contributed by atoms with Gasteiger partial charge in [-0.05, 0) is 24.1 Å². The van der Waals surface area contributed by atoms with Crippen LogP contribution in [-0.2, 0) is 0 Å². The summed E-state index contributed by atoms with van der Waals surface area (Å²) in [5.74, 6) is 0. The second kappa shape index (κ2) is 5.14. The molecule has 0 fully saturated rings. The molecule has 0 heterocycles. The normalized spacial score (nSPS) is 11.9. The number of nitrogens with one attached hydrogen (secondary N) is 1. The zero-order chi connectivity index (χ0) is 9.61. The Morgan fingerprint density at radius 3 is 2.42 bits per heavy atom. The molecule has 70 valence electrons. The Labute approximate surface area is 80.2 Å². The lowest BCUT2D eigenvalue weighted by molar-refractivity contribution is 0.420. The smallest absolute Gasteiger partial charge is 0.163 e. The maximum Gasteiger partial charge on any atom is 0.163 e. The van der Waals surface area contributed by atoms with Gasteiger partial charge in [-0.3, -0.25) is 0 Å². The molecule has 0 aromatic rings. The van der Waals surface area contributed by atoms with Crippen LogP contribution in [0.3, 0.4) is 0 Å². The van der Waals surface area contributed by atoms with Gasteiger partial charge in [0.25, 0.3) is 0 Å². The molecule has 0 saturated carbocycles. The first-order chi connectivity index (χ1) is 5.42. The Bertz CT molecular complexity index is 168. The maximum absolute atomic E-state index is 5.25. The molecule has 0 atom stereocenters. The highest BCUT2D eigenvalue weighted by molar-refractivity contribution is 7.80. The standard InChI is InChI=1S/C9H18N2S/c1-9(2,3)6-4-5-7-11-8(10)12/h4-5H,6-7H2,1-3H3,(H3,10,11,12). The maximum atomic E-state index is 5.25. The van der Waals surface area contributed by atoms with Crippen molar-refractivity contribution < 1.29 is 0 Å². The van der Waals surface area contributed by atoms with Crippen molar-refractivity contribution in [1.29, 1.82) is 0 Å². The van der Waals surface area contributed by atoms with E-state index in [-0.39, 0.29) is 0 Å². The van der Waals surface area contributed by atoms with E-state index in [9.17, 15) is 0 Å². The Balaban J connectivity index is 3.45. The average Bonchev–Trinajstić information content (AvgIpc) is 1.83. The lowest BCUT2D eigenvalue weighted by atomic mass is 9.92. The summed E-state index contributed by atoms with van der Waals surface area (Å²) in [6, 6.07) is 0. The largest absolute Gasteiger partial charge is 0.376 e. The fourth-order valence-corrected chi connectivity index (χ4v) is 0.763. The molecule has 0 aliphatic heterocycles. The number of rotatable bonds is 3. The molecule has 3 N–H and O–H groups in total. The lowest BCUT2D eigenvalue weighted by Gasteiger charge is -2.14. The Hall–Kier alpha value is -0.570. The second-order valence-corrected chi connectivity index (χ2v) is 4.42. The van der Waals surface area contributed by atoms with Gasteiger partial charge in [0.2, 0.25) is 0 Å². The minimum Gasteiger partial charge on any atom is -0.376 e. The Morgan fingerprint density at radius 2 is 2.00 bits per heavy atom. The molecule has 0 aliphatic carbocycles. The van der Waals surface area contributed by atoms with Gasteiger partial charge in [-0.25, -0.2) is 0 Å². The van der Waals surface area contributed by atoms with Crippen LogP contribution in [0.2, 0.25) is 0 Å². The SMILES string of the molecule is CC(C)(C)CC=CCNC(N)=S. The summed E-state index contributed by atoms with van der Waals surface area (Å²) in [6.45, 7) is 7.35. The zero-order valence-corrected chi connectivity index (χ0v) is 8.87. The quantitative estimate of drug-likeness (QED) is 0.521. The van der Waals surface area contributed by atoms with Gasteiger partial charge < -0.3 is 11.1 Å². The highest BCUT2D eigenvalue weighted by atomic mass is 32.1. The van der Waals surface area contributed by atoms with Gasteiger partial charge in [0, 0.05) is 6.54 Å². The van der Waals surface area contributed by atoms with Crippen LogP contribution in [0.15, 0.2) is 12.2 Å². The molecule has 12 heavy (non-hydrogen) atoms. The highest BCUT2D eigenvalue weighted by Crippen LogP contribution is 2.18. The van der Waals surface area contributed by atoms with Crippen LogP contribution >= 0.6 is 12.2 Å². The summed E-state index contributed by atoms with van der Waals surface area (Å²) in [6.07, 6.45) is 5.27. The third-order valence-electron chi connectivity index (χ3n) is 1.29. The van der Waals surface area contributed by atoms with Crippen LogP contribution in [0.1, 0.15) is 27.2 Å². The predicted octanol–water partition coefficient (Wildman–Crippen LogP) is 1.81. The Morgan fingerprint density at radius 1 is 1.42 bits per heavy atom. The molecule has 0 aromatic carbocycles. The molecule has 0 rings (SSSR count). The topological polar surface area (TPSA) is 38.0 Å². The third-order valence-corrected chi connectivity index (χ3v) is 1.44. The molecule has 2 nitrogen and oxygen atoms in total. The fourth-order valence-electron chi connectivity index (χ4n) is 0.680. The Kier molecular flexibility index (Phi) is 4.90. The van der Waals surface area contributed by atoms with E-state index >= 15 is 0 Å². The van der Waals surface area contributed by atoms with Crippen molar-refractivity contribution in [2.24, 2.45) is 11.1 Å². The summed E-state index contributed by atoms with van der Waals surface area (Å²) in [5, 5.41) is 3.21. The summed E-state index contributed by atoms with van der Waals surface area (Å²) in [7, 11) is 0. The van der Waals surface area contributed by atoms with Crippen LogP contribution in [0.25, 0.3) is 0 Å². The van der Waals surface area contributed by atoms with Crippen molar-refractivity contribution in [2.45, 2.75) is 27.2 Å². The third kappa shape index (κ3) is 9.43. The molecular weight excluding hydrogens is 168 g/mol. The molecule has 0 spiro atoms. The highest BCUT2D eigenvalue weighted by Gasteiger charge is 2.05. The van der Waals surface area contributed by atoms with Crippen molar-refractivity contribution in [1.82, 2.24) is 5.32 Å². The van der Waals surface area contributed by atoms with E-state index in [0.29, 0.717) is 10.5 Å². The molecule has 0 aliphatic rings. The minimum absolute atomic E-state index is 0.357. The zero-order valence-electron chi connectivity index (χ0n) is 8.05. The van der Waals surface area contributed by atoms with Crippen LogP contribution in [-0.4, -0.2) is 11.7 Å². The fraction of sp³-hybridized carbons (Fsp3) is 0.667. The molecule has 0 aromatic heterocycles. The van der Waals surface area contributed by atoms with Gasteiger partial charge in [0.15, 0.2) is 5.11 Å². The summed E-state index contributed by atoms with van der Waals surface area (Å²) in [5.41, 5.74) is 5.61. The number of allylic oxidation sites excluding steroid dienone is 1. The number of nitrogens with two attached hydrogens (primary N) is 1. The second-order valence-electron chi connectivity index (χ2n) is 3.98. The van der Waals surface area contributed by atoms with Gasteiger partial charge in [-0.1, -0.05) is 32.9 Å². The number of hydrogen-bond donors (Lipinski definition) is 2. The van der Waals surface area contributed by atoms with Gasteiger partial charge in [-0.2, -0.15) is 0 Å². The van der Waals surface area contributed by atoms with Crippen LogP contribution in [0.4, 0.5) is 0 Å². The van der Waals surface area contributed by atoms with E-state index in [1.54, 1.807) is 0 Å². The summed E-state index contributed by atoms with van der Waals surface area (Å²) < 4.78 is 0. The number of thiocarbonyl (C=S) groups is 1. The molecular formula is C9H18N2S. The van der Waals surface area contributed by atoms with E-state index in [1.165, 1.54) is 0 Å². The first kappa shape index (κ1) is 11.4. The first-order valence-electron chi connectivity index (χ1n) is 4.10.